The Hall–Kier alpha value is -3.24. The number of nitrogens with zero attached hydrogens (tertiary/aromatic N) is 2. The van der Waals surface area contributed by atoms with E-state index < -0.39 is 6.10 Å². The van der Waals surface area contributed by atoms with Gasteiger partial charge in [-0.05, 0) is 95.3 Å². The summed E-state index contributed by atoms with van der Waals surface area (Å²) in [5.74, 6) is -0.107. The van der Waals surface area contributed by atoms with E-state index in [-0.39, 0.29) is 17.2 Å². The molecular formula is C29H27FN2O. The fourth-order valence-corrected chi connectivity index (χ4v) is 6.00. The summed E-state index contributed by atoms with van der Waals surface area (Å²) in [4.78, 5) is 0. The van der Waals surface area contributed by atoms with Gasteiger partial charge in [-0.25, -0.2) is 9.07 Å². The van der Waals surface area contributed by atoms with E-state index in [0.717, 1.165) is 48.0 Å². The van der Waals surface area contributed by atoms with Gasteiger partial charge in [-0.3, -0.25) is 0 Å². The van der Waals surface area contributed by atoms with Crippen molar-refractivity contribution in [2.75, 3.05) is 0 Å². The number of allylic oxidation sites excluding steroid dienone is 1. The van der Waals surface area contributed by atoms with Gasteiger partial charge in [0.2, 0.25) is 0 Å². The van der Waals surface area contributed by atoms with E-state index in [0.29, 0.717) is 0 Å². The third kappa shape index (κ3) is 3.32. The van der Waals surface area contributed by atoms with E-state index in [1.807, 2.05) is 23.0 Å². The minimum Gasteiger partial charge on any atom is -0.388 e. The van der Waals surface area contributed by atoms with Crippen LogP contribution in [0.15, 0.2) is 78.5 Å². The van der Waals surface area contributed by atoms with Crippen LogP contribution in [0.4, 0.5) is 4.39 Å². The molecule has 1 aromatic heterocycles. The van der Waals surface area contributed by atoms with Crippen molar-refractivity contribution in [1.29, 1.82) is 0 Å². The molecule has 3 nitrogen and oxygen atoms in total. The zero-order valence-corrected chi connectivity index (χ0v) is 18.7. The van der Waals surface area contributed by atoms with Crippen LogP contribution in [-0.4, -0.2) is 14.9 Å². The quantitative estimate of drug-likeness (QED) is 0.389. The number of hydrogen-bond donors (Lipinski definition) is 1. The highest BCUT2D eigenvalue weighted by molar-refractivity contribution is 5.83. The molecule has 6 rings (SSSR count). The van der Waals surface area contributed by atoms with Crippen molar-refractivity contribution in [2.45, 2.75) is 38.7 Å². The van der Waals surface area contributed by atoms with E-state index in [9.17, 15) is 9.50 Å². The van der Waals surface area contributed by atoms with E-state index in [2.05, 4.69) is 48.4 Å². The maximum Gasteiger partial charge on any atom is 0.123 e. The van der Waals surface area contributed by atoms with E-state index in [1.165, 1.54) is 28.7 Å². The Kier molecular flexibility index (Phi) is 4.73. The molecule has 1 fully saturated rings. The second kappa shape index (κ2) is 7.67. The molecular weight excluding hydrogens is 411 g/mol. The zero-order chi connectivity index (χ0) is 22.6. The van der Waals surface area contributed by atoms with Gasteiger partial charge in [0.15, 0.2) is 0 Å². The molecule has 3 atom stereocenters. The minimum absolute atomic E-state index is 0.118. The number of hydrogen-bond acceptors (Lipinski definition) is 2. The smallest absolute Gasteiger partial charge is 0.123 e. The lowest BCUT2D eigenvalue weighted by Gasteiger charge is -2.47. The number of halogens is 1. The van der Waals surface area contributed by atoms with Crippen LogP contribution in [0.25, 0.3) is 22.5 Å². The van der Waals surface area contributed by atoms with Crippen molar-refractivity contribution in [3.8, 4) is 5.69 Å². The summed E-state index contributed by atoms with van der Waals surface area (Å²) in [5, 5.41) is 18.6. The maximum atomic E-state index is 13.4. The lowest BCUT2D eigenvalue weighted by atomic mass is 9.57. The van der Waals surface area contributed by atoms with Crippen molar-refractivity contribution in [3.05, 3.63) is 101 Å². The summed E-state index contributed by atoms with van der Waals surface area (Å²) in [6.45, 7) is 2.31. The third-order valence-electron chi connectivity index (χ3n) is 7.84. The summed E-state index contributed by atoms with van der Waals surface area (Å²) in [7, 11) is 0. The monoisotopic (exact) mass is 438 g/mol. The molecule has 0 saturated heterocycles. The predicted octanol–water partition coefficient (Wildman–Crippen LogP) is 6.64. The summed E-state index contributed by atoms with van der Waals surface area (Å²) >= 11 is 0. The van der Waals surface area contributed by atoms with Gasteiger partial charge in [0.25, 0.3) is 0 Å². The minimum atomic E-state index is -0.517. The van der Waals surface area contributed by atoms with Gasteiger partial charge in [-0.2, -0.15) is 5.10 Å². The first kappa shape index (κ1) is 20.4. The van der Waals surface area contributed by atoms with Crippen LogP contribution < -0.4 is 0 Å². The molecule has 33 heavy (non-hydrogen) atoms. The van der Waals surface area contributed by atoms with Crippen molar-refractivity contribution in [3.63, 3.8) is 0 Å². The van der Waals surface area contributed by atoms with Gasteiger partial charge in [-0.1, -0.05) is 48.9 Å². The Morgan fingerprint density at radius 1 is 1.06 bits per heavy atom. The predicted molar refractivity (Wildman–Crippen MR) is 130 cm³/mol. The average Bonchev–Trinajstić information content (AvgIpc) is 3.23. The van der Waals surface area contributed by atoms with E-state index in [1.54, 1.807) is 12.1 Å². The molecule has 4 heteroatoms. The molecule has 0 amide bonds. The van der Waals surface area contributed by atoms with Crippen LogP contribution in [0.3, 0.4) is 0 Å². The fraction of sp³-hybridized carbons (Fsp3) is 0.276. The van der Waals surface area contributed by atoms with Crippen LogP contribution in [0.1, 0.15) is 49.1 Å². The molecule has 1 saturated carbocycles. The van der Waals surface area contributed by atoms with Crippen LogP contribution in [-0.2, 0) is 6.42 Å². The second-order valence-electron chi connectivity index (χ2n) is 9.76. The Labute approximate surface area is 193 Å². The molecule has 4 aromatic rings. The fourth-order valence-electron chi connectivity index (χ4n) is 6.00. The number of rotatable bonds is 3. The van der Waals surface area contributed by atoms with Gasteiger partial charge >= 0.3 is 0 Å². The Morgan fingerprint density at radius 3 is 2.67 bits per heavy atom. The van der Waals surface area contributed by atoms with Crippen molar-refractivity contribution in [1.82, 2.24) is 9.78 Å². The number of aromatic nitrogens is 2. The molecule has 2 aliphatic carbocycles. The number of aliphatic hydroxyl groups excluding tert-OH is 1. The topological polar surface area (TPSA) is 38.0 Å². The third-order valence-corrected chi connectivity index (χ3v) is 7.84. The molecule has 166 valence electrons. The van der Waals surface area contributed by atoms with E-state index in [4.69, 9.17) is 0 Å². The first-order valence-corrected chi connectivity index (χ1v) is 11.7. The maximum absolute atomic E-state index is 13.4. The van der Waals surface area contributed by atoms with Gasteiger partial charge < -0.3 is 5.11 Å². The summed E-state index contributed by atoms with van der Waals surface area (Å²) < 4.78 is 15.3. The van der Waals surface area contributed by atoms with Gasteiger partial charge in [0, 0.05) is 0 Å². The number of aliphatic hydroxyl groups is 1. The van der Waals surface area contributed by atoms with E-state index >= 15 is 0 Å². The molecule has 0 bridgehead atoms. The highest BCUT2D eigenvalue weighted by atomic mass is 19.1. The first-order chi connectivity index (χ1) is 16.0. The van der Waals surface area contributed by atoms with Gasteiger partial charge in [0.05, 0.1) is 23.7 Å². The van der Waals surface area contributed by atoms with Crippen LogP contribution in [0.5, 0.6) is 0 Å². The first-order valence-electron chi connectivity index (χ1n) is 11.7. The Bertz CT molecular complexity index is 1370. The normalized spacial score (nSPS) is 23.0. The van der Waals surface area contributed by atoms with Crippen molar-refractivity contribution >= 4 is 16.8 Å². The molecule has 0 unspecified atom stereocenters. The standard InChI is InChI=1S/C29H27FN2O/c1-29-17-22-18-31-32(25-13-11-24(30)12-14-25)27(22)16-23(29)7-4-8-26(29)28(33)21-10-9-19-5-2-3-6-20(19)15-21/h2-3,5-6,9-16,18,26,28,33H,4,7-8,17H2,1H3/t26-,28-,29+/m1/s1. The molecule has 1 N–H and O–H groups in total. The Morgan fingerprint density at radius 2 is 1.85 bits per heavy atom. The lowest BCUT2D eigenvalue weighted by molar-refractivity contribution is 0.0218. The Balaban J connectivity index is 1.37. The molecule has 0 radical (unpaired) electrons. The van der Waals surface area contributed by atoms with Crippen LogP contribution in [0.2, 0.25) is 0 Å². The molecule has 3 aromatic carbocycles. The molecule has 0 aliphatic heterocycles. The highest BCUT2D eigenvalue weighted by Crippen LogP contribution is 2.54. The summed E-state index contributed by atoms with van der Waals surface area (Å²) in [6, 6.07) is 21.1. The lowest BCUT2D eigenvalue weighted by Crippen LogP contribution is -2.40. The number of fused-ring (bicyclic) bond motifs is 3. The average molecular weight is 439 g/mol. The van der Waals surface area contributed by atoms with Crippen LogP contribution >= 0.6 is 0 Å². The number of benzene rings is 3. The largest absolute Gasteiger partial charge is 0.388 e. The van der Waals surface area contributed by atoms with Gasteiger partial charge in [0.1, 0.15) is 5.82 Å². The SMILES string of the molecule is C[C@]12Cc3cnn(-c4ccc(F)cc4)c3C=C1CCC[C@@H]2[C@H](O)c1ccc2ccccc2c1. The zero-order valence-electron chi connectivity index (χ0n) is 18.7. The molecule has 2 aliphatic rings. The highest BCUT2D eigenvalue weighted by Gasteiger charge is 2.46. The van der Waals surface area contributed by atoms with Crippen LogP contribution in [0, 0.1) is 17.2 Å². The van der Waals surface area contributed by atoms with Gasteiger partial charge in [-0.15, -0.1) is 0 Å². The summed E-state index contributed by atoms with van der Waals surface area (Å²) in [5.41, 5.74) is 5.39. The van der Waals surface area contributed by atoms with Crippen molar-refractivity contribution < 1.29 is 9.50 Å². The molecule has 1 heterocycles. The summed E-state index contributed by atoms with van der Waals surface area (Å²) in [6.07, 6.45) is 7.65. The molecule has 0 spiro atoms. The second-order valence-corrected chi connectivity index (χ2v) is 9.76. The van der Waals surface area contributed by atoms with Crippen molar-refractivity contribution in [2.24, 2.45) is 11.3 Å².